The molecule has 0 amide bonds. The maximum absolute atomic E-state index is 12.9. The summed E-state index contributed by atoms with van der Waals surface area (Å²) in [7, 11) is 5.23. The predicted octanol–water partition coefficient (Wildman–Crippen LogP) is 4.55. The van der Waals surface area contributed by atoms with Gasteiger partial charge in [-0.1, -0.05) is 54.6 Å². The van der Waals surface area contributed by atoms with Crippen LogP contribution >= 0.6 is 0 Å². The first-order chi connectivity index (χ1) is 23.4. The van der Waals surface area contributed by atoms with E-state index in [0.717, 1.165) is 53.4 Å². The van der Waals surface area contributed by atoms with E-state index in [2.05, 4.69) is 24.8 Å². The summed E-state index contributed by atoms with van der Waals surface area (Å²) in [6, 6.07) is 25.5. The molecule has 0 saturated carbocycles. The summed E-state index contributed by atoms with van der Waals surface area (Å²) in [5.74, 6) is 2.52. The molecule has 3 atom stereocenters. The molecule has 0 aliphatic carbocycles. The van der Waals surface area contributed by atoms with Crippen LogP contribution in [0.2, 0.25) is 0 Å². The lowest BCUT2D eigenvalue weighted by atomic mass is 9.80. The molecular formula is C36H38N6O6. The number of likely N-dealkylation sites (tertiary alicyclic amines) is 1. The van der Waals surface area contributed by atoms with Crippen molar-refractivity contribution < 1.29 is 24.1 Å². The van der Waals surface area contributed by atoms with Gasteiger partial charge < -0.3 is 29.0 Å². The summed E-state index contributed by atoms with van der Waals surface area (Å²) in [5.41, 5.74) is 1.70. The number of aliphatic imine (C=N–C) groups is 1. The van der Waals surface area contributed by atoms with Crippen molar-refractivity contribution in [3.63, 3.8) is 0 Å². The SMILES string of the molecule is COc1ccc(C(OC[C@H]2O[C@@H](n3cnc4c(=O)[nH]c(/N=C5\CCCN5C)nc43)C[C@@H]2O)(c2ccccc2)c2ccc(OC)cc2)cc1. The number of aliphatic hydroxyl groups is 1. The van der Waals surface area contributed by atoms with Crippen LogP contribution in [-0.4, -0.2) is 82.0 Å². The molecule has 2 aliphatic heterocycles. The summed E-state index contributed by atoms with van der Waals surface area (Å²) in [5, 5.41) is 11.3. The van der Waals surface area contributed by atoms with Crippen LogP contribution < -0.4 is 15.0 Å². The fraction of sp³-hybridized carbons (Fsp3) is 0.333. The number of aromatic nitrogens is 4. The lowest BCUT2D eigenvalue weighted by Gasteiger charge is -2.37. The highest BCUT2D eigenvalue weighted by molar-refractivity contribution is 5.86. The molecule has 2 N–H and O–H groups in total. The maximum atomic E-state index is 12.9. The number of aliphatic hydroxyl groups excluding tert-OH is 1. The van der Waals surface area contributed by atoms with Gasteiger partial charge in [-0.15, -0.1) is 0 Å². The Morgan fingerprint density at radius 1 is 0.979 bits per heavy atom. The predicted molar refractivity (Wildman–Crippen MR) is 180 cm³/mol. The van der Waals surface area contributed by atoms with E-state index >= 15 is 0 Å². The van der Waals surface area contributed by atoms with E-state index in [4.69, 9.17) is 18.9 Å². The van der Waals surface area contributed by atoms with Crippen LogP contribution in [0.25, 0.3) is 11.2 Å². The van der Waals surface area contributed by atoms with Crippen molar-refractivity contribution in [2.45, 2.75) is 43.3 Å². The molecule has 48 heavy (non-hydrogen) atoms. The Bertz CT molecular complexity index is 1910. The second-order valence-electron chi connectivity index (χ2n) is 12.0. The summed E-state index contributed by atoms with van der Waals surface area (Å²) in [6.07, 6.45) is 1.41. The molecule has 0 radical (unpaired) electrons. The Hall–Kier alpha value is -5.04. The number of nitrogens with one attached hydrogen (secondary N) is 1. The molecular weight excluding hydrogens is 612 g/mol. The number of ether oxygens (including phenoxy) is 4. The monoisotopic (exact) mass is 650 g/mol. The molecule has 2 aliphatic rings. The topological polar surface area (TPSA) is 136 Å². The van der Waals surface area contributed by atoms with Crippen LogP contribution in [0.5, 0.6) is 11.5 Å². The van der Waals surface area contributed by atoms with Crippen LogP contribution in [0, 0.1) is 0 Å². The van der Waals surface area contributed by atoms with Crippen LogP contribution in [0.15, 0.2) is 95.0 Å². The highest BCUT2D eigenvalue weighted by atomic mass is 16.6. The fourth-order valence-electron chi connectivity index (χ4n) is 6.55. The van der Waals surface area contributed by atoms with Crippen molar-refractivity contribution in [3.8, 4) is 11.5 Å². The summed E-state index contributed by atoms with van der Waals surface area (Å²) >= 11 is 0. The molecule has 12 heteroatoms. The lowest BCUT2D eigenvalue weighted by molar-refractivity contribution is -0.0931. The van der Waals surface area contributed by atoms with Crippen molar-refractivity contribution in [1.29, 1.82) is 0 Å². The number of imidazole rings is 1. The highest BCUT2D eigenvalue weighted by Crippen LogP contribution is 2.43. The molecule has 2 aromatic heterocycles. The molecule has 2 fully saturated rings. The number of hydrogen-bond acceptors (Lipinski definition) is 9. The summed E-state index contributed by atoms with van der Waals surface area (Å²) in [6.45, 7) is 0.958. The number of hydrogen-bond donors (Lipinski definition) is 2. The van der Waals surface area contributed by atoms with Gasteiger partial charge in [0.2, 0.25) is 5.95 Å². The zero-order chi connectivity index (χ0) is 33.3. The van der Waals surface area contributed by atoms with E-state index in [1.54, 1.807) is 18.8 Å². The highest BCUT2D eigenvalue weighted by Gasteiger charge is 2.42. The van der Waals surface area contributed by atoms with Gasteiger partial charge in [-0.05, 0) is 47.4 Å². The molecule has 0 bridgehead atoms. The van der Waals surface area contributed by atoms with Crippen molar-refractivity contribution in [3.05, 3.63) is 112 Å². The molecule has 7 rings (SSSR count). The van der Waals surface area contributed by atoms with Crippen LogP contribution in [0.3, 0.4) is 0 Å². The minimum Gasteiger partial charge on any atom is -0.497 e. The second-order valence-corrected chi connectivity index (χ2v) is 12.0. The van der Waals surface area contributed by atoms with Gasteiger partial charge in [0, 0.05) is 26.4 Å². The van der Waals surface area contributed by atoms with E-state index in [9.17, 15) is 9.90 Å². The molecule has 0 spiro atoms. The Kier molecular flexibility index (Phi) is 8.69. The maximum Gasteiger partial charge on any atom is 0.280 e. The number of fused-ring (bicyclic) bond motifs is 1. The third-order valence-electron chi connectivity index (χ3n) is 9.14. The third kappa shape index (κ3) is 5.83. The first-order valence-electron chi connectivity index (χ1n) is 16.0. The second kappa shape index (κ2) is 13.2. The van der Waals surface area contributed by atoms with Gasteiger partial charge in [-0.2, -0.15) is 9.98 Å². The zero-order valence-electron chi connectivity index (χ0n) is 27.1. The van der Waals surface area contributed by atoms with Gasteiger partial charge in [-0.3, -0.25) is 14.3 Å². The van der Waals surface area contributed by atoms with Crippen LogP contribution in [-0.2, 0) is 15.1 Å². The first-order valence-corrected chi connectivity index (χ1v) is 16.0. The van der Waals surface area contributed by atoms with Crippen molar-refractivity contribution in [2.75, 3.05) is 34.4 Å². The standard InChI is InChI=1S/C36H38N6O6/c1-41-19-7-10-30(41)38-35-39-33-32(34(44)40-35)37-22-42(33)31-20-28(43)29(48-31)21-47-36(23-8-5-4-6-9-23,24-11-15-26(45-2)16-12-24)25-13-17-27(46-3)18-14-25/h4-6,8-9,11-18,22,28-29,31,43H,7,10,19-21H2,1-3H3,(H,39,40,44)/b38-30+/t28-,29+,31+/m0/s1. The summed E-state index contributed by atoms with van der Waals surface area (Å²) in [4.78, 5) is 31.3. The van der Waals surface area contributed by atoms with E-state index < -0.39 is 24.0 Å². The first kappa shape index (κ1) is 31.6. The molecule has 12 nitrogen and oxygen atoms in total. The fourth-order valence-corrected chi connectivity index (χ4v) is 6.55. The van der Waals surface area contributed by atoms with E-state index in [0.29, 0.717) is 5.65 Å². The zero-order valence-corrected chi connectivity index (χ0v) is 27.1. The number of H-pyrrole nitrogens is 1. The Morgan fingerprint density at radius 3 is 2.23 bits per heavy atom. The number of rotatable bonds is 10. The Labute approximate surface area is 277 Å². The molecule has 2 saturated heterocycles. The average molecular weight is 651 g/mol. The average Bonchev–Trinajstić information content (AvgIpc) is 3.84. The van der Waals surface area contributed by atoms with E-state index in [-0.39, 0.29) is 30.1 Å². The molecule has 5 aromatic rings. The van der Waals surface area contributed by atoms with Gasteiger partial charge in [0.25, 0.3) is 5.56 Å². The van der Waals surface area contributed by atoms with Crippen molar-refractivity contribution >= 4 is 22.9 Å². The number of aromatic amines is 1. The molecule has 4 heterocycles. The number of amidine groups is 1. The minimum atomic E-state index is -1.07. The van der Waals surface area contributed by atoms with E-state index in [1.807, 2.05) is 85.9 Å². The van der Waals surface area contributed by atoms with Gasteiger partial charge in [0.15, 0.2) is 11.2 Å². The lowest BCUT2D eigenvalue weighted by Crippen LogP contribution is -2.38. The molecule has 248 valence electrons. The van der Waals surface area contributed by atoms with Gasteiger partial charge in [-0.25, -0.2) is 4.98 Å². The largest absolute Gasteiger partial charge is 0.497 e. The van der Waals surface area contributed by atoms with Crippen LogP contribution in [0.1, 0.15) is 42.2 Å². The summed E-state index contributed by atoms with van der Waals surface area (Å²) < 4.78 is 26.0. The van der Waals surface area contributed by atoms with Gasteiger partial charge in [0.05, 0.1) is 33.3 Å². The van der Waals surface area contributed by atoms with E-state index in [1.165, 1.54) is 6.33 Å². The Balaban J connectivity index is 1.21. The normalized spacial score (nSPS) is 20.5. The smallest absolute Gasteiger partial charge is 0.280 e. The van der Waals surface area contributed by atoms with Crippen LogP contribution in [0.4, 0.5) is 5.95 Å². The van der Waals surface area contributed by atoms with Crippen molar-refractivity contribution in [1.82, 2.24) is 24.4 Å². The Morgan fingerprint density at radius 2 is 1.62 bits per heavy atom. The third-order valence-corrected chi connectivity index (χ3v) is 9.14. The number of benzene rings is 3. The molecule has 3 aromatic carbocycles. The van der Waals surface area contributed by atoms with Crippen molar-refractivity contribution in [2.24, 2.45) is 4.99 Å². The molecule has 0 unspecified atom stereocenters. The minimum absolute atomic E-state index is 0.0521. The van der Waals surface area contributed by atoms with Gasteiger partial charge >= 0.3 is 0 Å². The number of nitrogens with zero attached hydrogens (tertiary/aromatic N) is 5. The number of methoxy groups -OCH3 is 2. The quantitative estimate of drug-likeness (QED) is 0.209. The van der Waals surface area contributed by atoms with Gasteiger partial charge in [0.1, 0.15) is 35.3 Å².